The van der Waals surface area contributed by atoms with E-state index >= 15 is 0 Å². The third kappa shape index (κ3) is 2.43. The number of carbonyl (C=O) groups excluding carboxylic acids is 1. The molecular formula is C8H12AlN2O+. The van der Waals surface area contributed by atoms with E-state index in [1.807, 2.05) is 36.5 Å². The zero-order chi connectivity index (χ0) is 8.16. The Hall–Kier alpha value is -0.658. The fraction of sp³-hybridized carbons (Fsp3) is 0.125. The molecule has 0 spiro atoms. The summed E-state index contributed by atoms with van der Waals surface area (Å²) in [5.74, 6) is 0. The van der Waals surface area contributed by atoms with Crippen LogP contribution in [0.25, 0.3) is 0 Å². The van der Waals surface area contributed by atoms with Crippen LogP contribution in [0.5, 0.6) is 0 Å². The van der Waals surface area contributed by atoms with Crippen LogP contribution in [0.4, 0.5) is 0 Å². The first-order chi connectivity index (χ1) is 5.33. The molecule has 0 aliphatic heterocycles. The number of rotatable bonds is 2. The van der Waals surface area contributed by atoms with E-state index < -0.39 is 5.54 Å². The molecule has 1 aliphatic rings. The second-order valence-corrected chi connectivity index (χ2v) is 2.68. The van der Waals surface area contributed by atoms with Crippen molar-refractivity contribution in [3.8, 4) is 0 Å². The van der Waals surface area contributed by atoms with Crippen LogP contribution in [0.1, 0.15) is 0 Å². The number of carbonyl (C=O) groups is 1. The molecule has 0 fully saturated rings. The third-order valence-electron chi connectivity index (χ3n) is 1.58. The average Bonchev–Trinajstić information content (AvgIpc) is 2.30. The van der Waals surface area contributed by atoms with E-state index in [2.05, 4.69) is 4.30 Å². The van der Waals surface area contributed by atoms with E-state index in [4.69, 9.17) is 0 Å². The van der Waals surface area contributed by atoms with Crippen molar-refractivity contribution in [1.82, 2.24) is 10.5 Å². The molecule has 12 heavy (non-hydrogen) atoms. The van der Waals surface area contributed by atoms with Gasteiger partial charge in [0.15, 0.2) is 0 Å². The van der Waals surface area contributed by atoms with E-state index in [1.165, 1.54) is 0 Å². The van der Waals surface area contributed by atoms with Crippen molar-refractivity contribution in [3.05, 3.63) is 36.5 Å². The van der Waals surface area contributed by atoms with Crippen molar-refractivity contribution in [2.45, 2.75) is 5.54 Å². The Balaban J connectivity index is 0.00000121. The standard InChI is InChI=1S/C8H8NO.Al.H3N.H/c9-8(7-10)5-3-1-2-4-6-8;;;/h1-7,9H;;1H3;/q-1;+2;;. The van der Waals surface area contributed by atoms with Gasteiger partial charge in [-0.05, 0) is 0 Å². The van der Waals surface area contributed by atoms with Crippen molar-refractivity contribution < 1.29 is 4.79 Å². The predicted octanol–water partition coefficient (Wildman–Crippen LogP) is 0.174. The second-order valence-electron chi connectivity index (χ2n) is 2.33. The maximum absolute atomic E-state index is 10.7. The van der Waals surface area contributed by atoms with Crippen LogP contribution >= 0.6 is 0 Å². The third-order valence-corrected chi connectivity index (χ3v) is 2.19. The predicted molar refractivity (Wildman–Crippen MR) is 51.5 cm³/mol. The minimum absolute atomic E-state index is 0. The molecule has 0 unspecified atom stereocenters. The SMILES string of the molecule is N.O=CC1([NH][AlH+])C=CC=CC=C1. The van der Waals surface area contributed by atoms with Crippen LogP contribution in [-0.4, -0.2) is 28.3 Å². The minimum atomic E-state index is -0.595. The summed E-state index contributed by atoms with van der Waals surface area (Å²) in [5, 5.41) is 0. The molecule has 62 valence electrons. The van der Waals surface area contributed by atoms with Gasteiger partial charge in [-0.15, -0.1) is 0 Å². The maximum atomic E-state index is 10.7. The van der Waals surface area contributed by atoms with Gasteiger partial charge in [0.2, 0.25) is 0 Å². The summed E-state index contributed by atoms with van der Waals surface area (Å²) >= 11 is 1.57. The molecule has 0 atom stereocenters. The Morgan fingerprint density at radius 1 is 1.17 bits per heavy atom. The van der Waals surface area contributed by atoms with Crippen LogP contribution in [-0.2, 0) is 4.79 Å². The normalized spacial score (nSPS) is 17.9. The molecule has 1 rings (SSSR count). The van der Waals surface area contributed by atoms with Gasteiger partial charge in [0, 0.05) is 0 Å². The van der Waals surface area contributed by atoms with E-state index in [-0.39, 0.29) is 6.15 Å². The summed E-state index contributed by atoms with van der Waals surface area (Å²) in [7, 11) is 0. The van der Waals surface area contributed by atoms with E-state index in [1.54, 1.807) is 16.5 Å². The molecule has 4 N–H and O–H groups in total. The molecule has 0 aromatic heterocycles. The van der Waals surface area contributed by atoms with Crippen LogP contribution in [0.2, 0.25) is 0 Å². The topological polar surface area (TPSA) is 64.1 Å². The molecule has 3 nitrogen and oxygen atoms in total. The molecule has 0 saturated carbocycles. The number of nitrogens with one attached hydrogen (secondary N) is 1. The van der Waals surface area contributed by atoms with Crippen molar-refractivity contribution >= 4 is 22.8 Å². The quantitative estimate of drug-likeness (QED) is 0.469. The van der Waals surface area contributed by atoms with Gasteiger partial charge in [-0.3, -0.25) is 0 Å². The Morgan fingerprint density at radius 3 is 2.00 bits per heavy atom. The van der Waals surface area contributed by atoms with Crippen LogP contribution in [0, 0.1) is 0 Å². The van der Waals surface area contributed by atoms with Gasteiger partial charge in [0.1, 0.15) is 0 Å². The van der Waals surface area contributed by atoms with Crippen LogP contribution < -0.4 is 10.5 Å². The summed E-state index contributed by atoms with van der Waals surface area (Å²) in [6.07, 6.45) is 12.0. The average molecular weight is 179 g/mol. The monoisotopic (exact) mass is 179 g/mol. The van der Waals surface area contributed by atoms with Gasteiger partial charge in [-0.2, -0.15) is 0 Å². The molecule has 0 saturated heterocycles. The summed E-state index contributed by atoms with van der Waals surface area (Å²) in [4.78, 5) is 10.7. The molecule has 0 bridgehead atoms. The van der Waals surface area contributed by atoms with E-state index in [0.717, 1.165) is 6.29 Å². The number of allylic oxidation sites excluding steroid dienone is 4. The van der Waals surface area contributed by atoms with Gasteiger partial charge in [-0.25, -0.2) is 0 Å². The molecular weight excluding hydrogens is 167 g/mol. The molecule has 1 aliphatic carbocycles. The Bertz CT molecular complexity index is 217. The van der Waals surface area contributed by atoms with Crippen molar-refractivity contribution in [1.29, 1.82) is 0 Å². The molecule has 0 heterocycles. The fourth-order valence-electron chi connectivity index (χ4n) is 0.851. The zero-order valence-corrected chi connectivity index (χ0v) is 8.28. The zero-order valence-electron chi connectivity index (χ0n) is 6.86. The Morgan fingerprint density at radius 2 is 1.67 bits per heavy atom. The summed E-state index contributed by atoms with van der Waals surface area (Å²) < 4.78 is 2.95. The molecule has 0 aromatic carbocycles. The van der Waals surface area contributed by atoms with Crippen LogP contribution in [0.3, 0.4) is 0 Å². The van der Waals surface area contributed by atoms with Crippen LogP contribution in [0.15, 0.2) is 36.5 Å². The number of aldehydes is 1. The Kier molecular flexibility index (Phi) is 4.79. The van der Waals surface area contributed by atoms with Gasteiger partial charge in [0.05, 0.1) is 0 Å². The van der Waals surface area contributed by atoms with Gasteiger partial charge >= 0.3 is 73.9 Å². The van der Waals surface area contributed by atoms with Gasteiger partial charge in [0.25, 0.3) is 0 Å². The molecule has 4 heteroatoms. The van der Waals surface area contributed by atoms with Crippen molar-refractivity contribution in [2.24, 2.45) is 0 Å². The van der Waals surface area contributed by atoms with E-state index in [9.17, 15) is 4.79 Å². The second kappa shape index (κ2) is 5.07. The van der Waals surface area contributed by atoms with Crippen molar-refractivity contribution in [3.63, 3.8) is 0 Å². The Labute approximate surface area is 80.4 Å². The molecule has 0 amide bonds. The number of hydrogen-bond acceptors (Lipinski definition) is 3. The summed E-state index contributed by atoms with van der Waals surface area (Å²) in [6, 6.07) is 0. The first-order valence-corrected chi connectivity index (χ1v) is 4.08. The first-order valence-electron chi connectivity index (χ1n) is 3.37. The molecule has 0 aromatic rings. The fourth-order valence-corrected chi connectivity index (χ4v) is 1.17. The van der Waals surface area contributed by atoms with Gasteiger partial charge in [-0.1, -0.05) is 0 Å². The van der Waals surface area contributed by atoms with Gasteiger partial charge < -0.3 is 6.15 Å². The summed E-state index contributed by atoms with van der Waals surface area (Å²) in [6.45, 7) is 0. The van der Waals surface area contributed by atoms with E-state index in [0.29, 0.717) is 0 Å². The first kappa shape index (κ1) is 11.3. The van der Waals surface area contributed by atoms with Crippen molar-refractivity contribution in [2.75, 3.05) is 0 Å². The molecule has 0 radical (unpaired) electrons. The number of hydrogen-bond donors (Lipinski definition) is 2. The summed E-state index contributed by atoms with van der Waals surface area (Å²) in [5.41, 5.74) is -0.595.